The van der Waals surface area contributed by atoms with Gasteiger partial charge in [-0.05, 0) is 57.8 Å². The summed E-state index contributed by atoms with van der Waals surface area (Å²) in [4.78, 5) is 158. The fourth-order valence-corrected chi connectivity index (χ4v) is 6.31. The third kappa shape index (κ3) is 24.8. The smallest absolute Gasteiger partial charge is 0.322 e. The molecule has 0 saturated carbocycles. The van der Waals surface area contributed by atoms with Gasteiger partial charge in [-0.25, -0.2) is 0 Å². The lowest BCUT2D eigenvalue weighted by molar-refractivity contribution is -0.139. The maximum Gasteiger partial charge on any atom is 0.322 e. The molecule has 21 N–H and O–H groups in total. The van der Waals surface area contributed by atoms with Crippen LogP contribution < -0.4 is 76.5 Å². The van der Waals surface area contributed by atoms with E-state index < -0.39 is 163 Å². The zero-order valence-corrected chi connectivity index (χ0v) is 41.6. The van der Waals surface area contributed by atoms with E-state index in [2.05, 4.69) is 52.8 Å². The van der Waals surface area contributed by atoms with Crippen LogP contribution in [0.25, 0.3) is 0 Å². The molecule has 29 nitrogen and oxygen atoms in total. The number of amides is 11. The molecule has 0 aromatic carbocycles. The van der Waals surface area contributed by atoms with Crippen molar-refractivity contribution in [2.45, 2.75) is 155 Å². The molecular weight excluding hydrogens is 939 g/mol. The Bertz CT molecular complexity index is 1940. The van der Waals surface area contributed by atoms with Crippen molar-refractivity contribution in [3.63, 3.8) is 0 Å². The van der Waals surface area contributed by atoms with Gasteiger partial charge in [-0.2, -0.15) is 0 Å². The van der Waals surface area contributed by atoms with Gasteiger partial charge < -0.3 is 86.7 Å². The van der Waals surface area contributed by atoms with E-state index in [-0.39, 0.29) is 37.7 Å². The van der Waals surface area contributed by atoms with Gasteiger partial charge in [0.15, 0.2) is 5.96 Å². The van der Waals surface area contributed by atoms with Crippen LogP contribution in [0.1, 0.15) is 94.4 Å². The zero-order valence-electron chi connectivity index (χ0n) is 41.6. The number of rotatable bonds is 32. The van der Waals surface area contributed by atoms with Crippen molar-refractivity contribution < 1.29 is 67.7 Å². The molecule has 0 unspecified atom stereocenters. The number of aliphatic hydroxyl groups is 1. The summed E-state index contributed by atoms with van der Waals surface area (Å²) < 4.78 is 0. The molecule has 0 heterocycles. The molecule has 0 aliphatic heterocycles. The van der Waals surface area contributed by atoms with Gasteiger partial charge in [0.05, 0.1) is 25.0 Å². The van der Waals surface area contributed by atoms with Crippen LogP contribution >= 0.6 is 0 Å². The average Bonchev–Trinajstić information content (AvgIpc) is 3.24. The van der Waals surface area contributed by atoms with Crippen LogP contribution in [0.4, 0.5) is 0 Å². The molecule has 29 heteroatoms. The van der Waals surface area contributed by atoms with E-state index in [1.807, 2.05) is 0 Å². The molecule has 0 fully saturated rings. The van der Waals surface area contributed by atoms with Gasteiger partial charge in [0.1, 0.15) is 54.9 Å². The number of aliphatic imine (C=N–C) groups is 1. The van der Waals surface area contributed by atoms with Crippen molar-refractivity contribution in [3.8, 4) is 0 Å². The number of hydrogen-bond donors (Lipinski definition) is 16. The van der Waals surface area contributed by atoms with E-state index in [4.69, 9.17) is 33.8 Å². The first-order chi connectivity index (χ1) is 32.8. The fraction of sp³-hybridized carbons (Fsp3) is 0.690. The van der Waals surface area contributed by atoms with E-state index in [0.717, 1.165) is 6.92 Å². The number of carboxylic acids is 1. The number of guanidine groups is 1. The standard InChI is InChI=1S/C42H75N15O14/c1-17(2)13-25(53-33(63)20(7)51-41(71)32(22(9)58)57-35(65)23(43)14-27(44)59)37(67)54-26(15-28(45)60)38(68)52-24(11-10-12-48-42(46)47)36(66)56-31(19(5)6)40(70)50-21(8)34(64)55-30(18(3)4)39(69)49-16-29(61)62/h17-26,30-32,58H,10-16,43H2,1-9H3,(H2,44,59)(H2,45,60)(H,49,69)(H,50,70)(H,51,71)(H,52,68)(H,53,63)(H,54,67)(H,55,64)(H,56,66)(H,57,65)(H,61,62)(H4,46,47,48)/t20-,21-,22+,23-,24-,25-,26-,30-,31-,32-/m0/s1. The lowest BCUT2D eigenvalue weighted by atomic mass is 10.0. The van der Waals surface area contributed by atoms with Crippen molar-refractivity contribution in [1.82, 2.24) is 47.9 Å². The number of aliphatic carboxylic acids is 1. The summed E-state index contributed by atoms with van der Waals surface area (Å²) >= 11 is 0. The van der Waals surface area contributed by atoms with Gasteiger partial charge in [-0.3, -0.25) is 62.5 Å². The zero-order chi connectivity index (χ0) is 55.0. The lowest BCUT2D eigenvalue weighted by Gasteiger charge is -2.29. The van der Waals surface area contributed by atoms with Crippen molar-refractivity contribution in [2.24, 2.45) is 51.4 Å². The maximum atomic E-state index is 13.9. The molecule has 0 radical (unpaired) electrons. The second-order valence-corrected chi connectivity index (χ2v) is 18.0. The van der Waals surface area contributed by atoms with E-state index in [9.17, 15) is 62.6 Å². The van der Waals surface area contributed by atoms with Crippen molar-refractivity contribution in [1.29, 1.82) is 0 Å². The van der Waals surface area contributed by atoms with Crippen molar-refractivity contribution >= 4 is 76.9 Å². The number of carbonyl (C=O) groups is 12. The Balaban J connectivity index is 6.42. The Hall–Kier alpha value is -7.17. The van der Waals surface area contributed by atoms with Gasteiger partial charge >= 0.3 is 5.97 Å². The first-order valence-electron chi connectivity index (χ1n) is 22.8. The lowest BCUT2D eigenvalue weighted by Crippen LogP contribution is -2.61. The van der Waals surface area contributed by atoms with Crippen LogP contribution in [-0.2, 0) is 57.5 Å². The number of nitrogens with one attached hydrogen (secondary N) is 9. The third-order valence-electron chi connectivity index (χ3n) is 10.2. The van der Waals surface area contributed by atoms with Crippen LogP contribution in [0.5, 0.6) is 0 Å². The number of nitrogens with zero attached hydrogens (tertiary/aromatic N) is 1. The molecule has 10 atom stereocenters. The molecule has 11 amide bonds. The molecule has 402 valence electrons. The highest BCUT2D eigenvalue weighted by Crippen LogP contribution is 2.10. The Kier molecular flexibility index (Phi) is 28.0. The number of nitrogens with two attached hydrogens (primary N) is 5. The molecule has 0 aliphatic carbocycles. The minimum atomic E-state index is -1.75. The monoisotopic (exact) mass is 1010 g/mol. The van der Waals surface area contributed by atoms with Crippen LogP contribution in [0.3, 0.4) is 0 Å². The van der Waals surface area contributed by atoms with Gasteiger partial charge in [-0.1, -0.05) is 41.5 Å². The molecule has 71 heavy (non-hydrogen) atoms. The average molecular weight is 1010 g/mol. The largest absolute Gasteiger partial charge is 0.480 e. The number of carbonyl (C=O) groups excluding carboxylic acids is 11. The molecule has 0 aliphatic rings. The summed E-state index contributed by atoms with van der Waals surface area (Å²) in [6, 6.07) is -13.0. The van der Waals surface area contributed by atoms with Gasteiger partial charge in [0, 0.05) is 6.54 Å². The number of primary amides is 2. The van der Waals surface area contributed by atoms with Crippen LogP contribution in [0.2, 0.25) is 0 Å². The Morgan fingerprint density at radius 1 is 0.493 bits per heavy atom. The van der Waals surface area contributed by atoms with Gasteiger partial charge in [-0.15, -0.1) is 0 Å². The predicted molar refractivity (Wildman–Crippen MR) is 254 cm³/mol. The Labute approximate surface area is 411 Å². The summed E-state index contributed by atoms with van der Waals surface area (Å²) in [5.74, 6) is -13.4. The van der Waals surface area contributed by atoms with E-state index >= 15 is 0 Å². The van der Waals surface area contributed by atoms with Crippen molar-refractivity contribution in [2.75, 3.05) is 13.1 Å². The molecule has 0 bridgehead atoms. The molecule has 0 aromatic heterocycles. The number of hydrogen-bond acceptors (Lipinski definition) is 15. The molecule has 0 saturated heterocycles. The fourth-order valence-electron chi connectivity index (χ4n) is 6.31. The summed E-state index contributed by atoms with van der Waals surface area (Å²) in [5.41, 5.74) is 27.0. The molecule has 0 rings (SSSR count). The first-order valence-corrected chi connectivity index (χ1v) is 22.8. The minimum Gasteiger partial charge on any atom is -0.480 e. The quantitative estimate of drug-likeness (QED) is 0.0169. The summed E-state index contributed by atoms with van der Waals surface area (Å²) in [7, 11) is 0. The van der Waals surface area contributed by atoms with Gasteiger partial charge in [0.25, 0.3) is 0 Å². The summed E-state index contributed by atoms with van der Waals surface area (Å²) in [5, 5.41) is 40.6. The highest BCUT2D eigenvalue weighted by atomic mass is 16.4. The highest BCUT2D eigenvalue weighted by molar-refractivity contribution is 5.99. The second kappa shape index (κ2) is 31.1. The Morgan fingerprint density at radius 2 is 0.915 bits per heavy atom. The Morgan fingerprint density at radius 3 is 1.38 bits per heavy atom. The van der Waals surface area contributed by atoms with Crippen molar-refractivity contribution in [3.05, 3.63) is 0 Å². The van der Waals surface area contributed by atoms with Gasteiger partial charge in [0.2, 0.25) is 65.0 Å². The molecular formula is C42H75N15O14. The van der Waals surface area contributed by atoms with E-state index in [1.165, 1.54) is 13.8 Å². The van der Waals surface area contributed by atoms with Crippen LogP contribution in [0.15, 0.2) is 4.99 Å². The molecule has 0 spiro atoms. The third-order valence-corrected chi connectivity index (χ3v) is 10.2. The second-order valence-electron chi connectivity index (χ2n) is 18.0. The van der Waals surface area contributed by atoms with Crippen LogP contribution in [-0.4, -0.2) is 161 Å². The van der Waals surface area contributed by atoms with E-state index in [1.54, 1.807) is 41.5 Å². The first kappa shape index (κ1) is 63.8. The number of carboxylic acid groups (broad SMARTS) is 1. The number of aliphatic hydroxyl groups excluding tert-OH is 1. The van der Waals surface area contributed by atoms with Crippen LogP contribution in [0, 0.1) is 17.8 Å². The topological polar surface area (TPSA) is 496 Å². The normalized spacial score (nSPS) is 15.3. The molecule has 0 aromatic rings. The summed E-state index contributed by atoms with van der Waals surface area (Å²) in [6.07, 6.45) is -3.04. The minimum absolute atomic E-state index is 0.0231. The predicted octanol–water partition coefficient (Wildman–Crippen LogP) is -7.02. The SMILES string of the molecule is CC(C)C[C@H](NC(=O)[C@H](C)NC(=O)[C@@H](NC(=O)[C@@H](N)CC(N)=O)[C@@H](C)O)C(=O)N[C@@H](CC(N)=O)C(=O)N[C@@H](CCCN=C(N)N)C(=O)N[C@H](C(=O)N[C@@H](C)C(=O)N[C@H](C(=O)NCC(=O)O)C(C)C)C(C)C. The summed E-state index contributed by atoms with van der Waals surface area (Å²) in [6.45, 7) is 12.7. The highest BCUT2D eigenvalue weighted by Gasteiger charge is 2.36. The maximum absolute atomic E-state index is 13.9. The van der Waals surface area contributed by atoms with E-state index in [0.29, 0.717) is 0 Å².